The summed E-state index contributed by atoms with van der Waals surface area (Å²) in [5, 5.41) is 3.24. The summed E-state index contributed by atoms with van der Waals surface area (Å²) in [6.07, 6.45) is 0. The molecule has 0 bridgehead atoms. The van der Waals surface area contributed by atoms with Crippen molar-refractivity contribution in [2.45, 2.75) is 25.2 Å². The van der Waals surface area contributed by atoms with Crippen molar-refractivity contribution in [3.05, 3.63) is 82.6 Å². The van der Waals surface area contributed by atoms with Crippen molar-refractivity contribution in [2.75, 3.05) is 12.8 Å². The molecule has 30 heavy (non-hydrogen) atoms. The van der Waals surface area contributed by atoms with Crippen LogP contribution in [0.4, 0.5) is 0 Å². The Balaban J connectivity index is 1.59. The van der Waals surface area contributed by atoms with E-state index in [1.54, 1.807) is 16.5 Å². The molecule has 4 rings (SSSR count). The zero-order valence-corrected chi connectivity index (χ0v) is 17.9. The van der Waals surface area contributed by atoms with Gasteiger partial charge in [0.15, 0.2) is 5.16 Å². The average molecular weight is 418 g/mol. The Kier molecular flexibility index (Phi) is 5.86. The summed E-state index contributed by atoms with van der Waals surface area (Å²) in [6, 6.07) is 21.7. The minimum atomic E-state index is -0.0687. The van der Waals surface area contributed by atoms with Crippen molar-refractivity contribution in [1.29, 1.82) is 0 Å². The van der Waals surface area contributed by atoms with Gasteiger partial charge in [0.25, 0.3) is 5.56 Å². The number of rotatable bonds is 6. The van der Waals surface area contributed by atoms with Gasteiger partial charge in [0.1, 0.15) is 0 Å². The molecule has 0 fully saturated rings. The highest BCUT2D eigenvalue weighted by Crippen LogP contribution is 2.23. The first-order valence-electron chi connectivity index (χ1n) is 9.91. The van der Waals surface area contributed by atoms with E-state index in [1.807, 2.05) is 73.7 Å². The first-order chi connectivity index (χ1) is 14.6. The van der Waals surface area contributed by atoms with Crippen LogP contribution in [0.3, 0.4) is 0 Å². The maximum Gasteiger partial charge on any atom is 0.262 e. The SMILES string of the molecule is CCn1c(SCC(=O)N(C)Cc2ccccc2)nc2cc3ccccc3cc2c1=O. The molecule has 4 aromatic rings. The lowest BCUT2D eigenvalue weighted by Crippen LogP contribution is -2.28. The average Bonchev–Trinajstić information content (AvgIpc) is 2.77. The number of thioether (sulfide) groups is 1. The fraction of sp³-hybridized carbons (Fsp3) is 0.208. The van der Waals surface area contributed by atoms with Gasteiger partial charge in [-0.25, -0.2) is 4.98 Å². The van der Waals surface area contributed by atoms with Crippen LogP contribution < -0.4 is 5.56 Å². The van der Waals surface area contributed by atoms with Gasteiger partial charge in [-0.15, -0.1) is 0 Å². The van der Waals surface area contributed by atoms with Gasteiger partial charge in [-0.05, 0) is 35.4 Å². The summed E-state index contributed by atoms with van der Waals surface area (Å²) in [5.74, 6) is 0.230. The monoisotopic (exact) mass is 417 g/mol. The Morgan fingerprint density at radius 1 is 1.03 bits per heavy atom. The third-order valence-electron chi connectivity index (χ3n) is 5.12. The molecule has 1 heterocycles. The van der Waals surface area contributed by atoms with E-state index >= 15 is 0 Å². The Morgan fingerprint density at radius 3 is 2.40 bits per heavy atom. The number of carbonyl (C=O) groups excluding carboxylic acids is 1. The number of benzene rings is 3. The van der Waals surface area contributed by atoms with E-state index in [1.165, 1.54) is 11.8 Å². The number of nitrogens with zero attached hydrogens (tertiary/aromatic N) is 3. The largest absolute Gasteiger partial charge is 0.341 e. The normalized spacial score (nSPS) is 11.1. The lowest BCUT2D eigenvalue weighted by molar-refractivity contribution is -0.127. The fourth-order valence-corrected chi connectivity index (χ4v) is 4.46. The van der Waals surface area contributed by atoms with E-state index in [-0.39, 0.29) is 17.2 Å². The molecular weight excluding hydrogens is 394 g/mol. The molecule has 6 heteroatoms. The number of hydrogen-bond acceptors (Lipinski definition) is 4. The van der Waals surface area contributed by atoms with Crippen molar-refractivity contribution >= 4 is 39.3 Å². The molecule has 1 aromatic heterocycles. The fourth-order valence-electron chi connectivity index (χ4n) is 3.46. The first kappa shape index (κ1) is 20.2. The number of amides is 1. The smallest absolute Gasteiger partial charge is 0.262 e. The molecule has 0 aliphatic rings. The van der Waals surface area contributed by atoms with Crippen molar-refractivity contribution in [1.82, 2.24) is 14.5 Å². The van der Waals surface area contributed by atoms with Gasteiger partial charge in [-0.2, -0.15) is 0 Å². The Hall–Kier alpha value is -3.12. The van der Waals surface area contributed by atoms with Crippen LogP contribution in [0, 0.1) is 0 Å². The lowest BCUT2D eigenvalue weighted by Gasteiger charge is -2.18. The third-order valence-corrected chi connectivity index (χ3v) is 6.08. The van der Waals surface area contributed by atoms with Gasteiger partial charge in [0.05, 0.1) is 16.7 Å². The second kappa shape index (κ2) is 8.71. The molecule has 0 spiro atoms. The molecule has 3 aromatic carbocycles. The van der Waals surface area contributed by atoms with Gasteiger partial charge in [-0.3, -0.25) is 14.2 Å². The molecule has 0 aliphatic carbocycles. The molecule has 0 aliphatic heterocycles. The summed E-state index contributed by atoms with van der Waals surface area (Å²) >= 11 is 1.31. The molecule has 0 unspecified atom stereocenters. The molecule has 0 saturated heterocycles. The predicted molar refractivity (Wildman–Crippen MR) is 123 cm³/mol. The molecule has 152 valence electrons. The third kappa shape index (κ3) is 4.09. The second-order valence-electron chi connectivity index (χ2n) is 7.18. The molecule has 0 atom stereocenters. The molecule has 0 radical (unpaired) electrons. The highest BCUT2D eigenvalue weighted by molar-refractivity contribution is 7.99. The number of hydrogen-bond donors (Lipinski definition) is 0. The molecule has 0 N–H and O–H groups in total. The van der Waals surface area contributed by atoms with Crippen LogP contribution >= 0.6 is 11.8 Å². The van der Waals surface area contributed by atoms with Crippen LogP contribution in [0.15, 0.2) is 76.7 Å². The van der Waals surface area contributed by atoms with Crippen molar-refractivity contribution in [3.8, 4) is 0 Å². The van der Waals surface area contributed by atoms with Crippen LogP contribution in [-0.2, 0) is 17.9 Å². The molecule has 5 nitrogen and oxygen atoms in total. The topological polar surface area (TPSA) is 55.2 Å². The molecule has 1 amide bonds. The highest BCUT2D eigenvalue weighted by atomic mass is 32.2. The Bertz CT molecular complexity index is 1270. The maximum absolute atomic E-state index is 13.1. The van der Waals surface area contributed by atoms with Gasteiger partial charge in [-0.1, -0.05) is 66.4 Å². The Labute approximate surface area is 179 Å². The number of carbonyl (C=O) groups is 1. The van der Waals surface area contributed by atoms with Gasteiger partial charge in [0.2, 0.25) is 5.91 Å². The summed E-state index contributed by atoms with van der Waals surface area (Å²) < 4.78 is 1.65. The van der Waals surface area contributed by atoms with Crippen LogP contribution in [0.25, 0.3) is 21.7 Å². The van der Waals surface area contributed by atoms with Gasteiger partial charge >= 0.3 is 0 Å². The zero-order valence-electron chi connectivity index (χ0n) is 17.0. The number of aromatic nitrogens is 2. The van der Waals surface area contributed by atoms with Gasteiger partial charge < -0.3 is 4.90 Å². The summed E-state index contributed by atoms with van der Waals surface area (Å²) in [6.45, 7) is 2.98. The van der Waals surface area contributed by atoms with Crippen LogP contribution in [0.2, 0.25) is 0 Å². The van der Waals surface area contributed by atoms with E-state index in [9.17, 15) is 9.59 Å². The zero-order chi connectivity index (χ0) is 21.1. The molecular formula is C24H23N3O2S. The van der Waals surface area contributed by atoms with E-state index in [0.29, 0.717) is 29.1 Å². The summed E-state index contributed by atoms with van der Waals surface area (Å²) in [4.78, 5) is 32.1. The number of fused-ring (bicyclic) bond motifs is 2. The molecule has 0 saturated carbocycles. The van der Waals surface area contributed by atoms with Crippen LogP contribution in [0.1, 0.15) is 12.5 Å². The second-order valence-corrected chi connectivity index (χ2v) is 8.13. The summed E-state index contributed by atoms with van der Waals surface area (Å²) in [5.41, 5.74) is 1.68. The standard InChI is InChI=1S/C24H23N3O2S/c1-3-27-23(29)20-13-18-11-7-8-12-19(18)14-21(20)25-24(27)30-16-22(28)26(2)15-17-9-5-4-6-10-17/h4-14H,3,15-16H2,1-2H3. The highest BCUT2D eigenvalue weighted by Gasteiger charge is 2.15. The van der Waals surface area contributed by atoms with E-state index in [0.717, 1.165) is 16.3 Å². The van der Waals surface area contributed by atoms with E-state index in [2.05, 4.69) is 0 Å². The lowest BCUT2D eigenvalue weighted by atomic mass is 10.1. The van der Waals surface area contributed by atoms with E-state index < -0.39 is 0 Å². The predicted octanol–water partition coefficient (Wildman–Crippen LogP) is 4.32. The summed E-state index contributed by atoms with van der Waals surface area (Å²) in [7, 11) is 1.79. The quantitative estimate of drug-likeness (QED) is 0.266. The van der Waals surface area contributed by atoms with Crippen molar-refractivity contribution < 1.29 is 4.79 Å². The minimum Gasteiger partial charge on any atom is -0.341 e. The van der Waals surface area contributed by atoms with Crippen LogP contribution in [-0.4, -0.2) is 33.2 Å². The van der Waals surface area contributed by atoms with E-state index in [4.69, 9.17) is 4.98 Å². The van der Waals surface area contributed by atoms with Crippen molar-refractivity contribution in [3.63, 3.8) is 0 Å². The first-order valence-corrected chi connectivity index (χ1v) is 10.9. The van der Waals surface area contributed by atoms with Crippen LogP contribution in [0.5, 0.6) is 0 Å². The van der Waals surface area contributed by atoms with Gasteiger partial charge in [0, 0.05) is 20.1 Å². The maximum atomic E-state index is 13.1. The van der Waals surface area contributed by atoms with Crippen molar-refractivity contribution in [2.24, 2.45) is 0 Å². The Morgan fingerprint density at radius 2 is 1.70 bits per heavy atom. The minimum absolute atomic E-state index is 0.000589.